The first-order chi connectivity index (χ1) is 12.7. The van der Waals surface area contributed by atoms with Gasteiger partial charge in [0, 0.05) is 54.7 Å². The summed E-state index contributed by atoms with van der Waals surface area (Å²) in [5.41, 5.74) is 1.71. The van der Waals surface area contributed by atoms with E-state index in [1.165, 1.54) is 0 Å². The van der Waals surface area contributed by atoms with E-state index in [1.54, 1.807) is 31.6 Å². The zero-order valence-corrected chi connectivity index (χ0v) is 18.0. The molecule has 154 valence electrons. The summed E-state index contributed by atoms with van der Waals surface area (Å²) < 4.78 is 11.2. The largest absolute Gasteiger partial charge is 0.493 e. The van der Waals surface area contributed by atoms with E-state index in [-0.39, 0.29) is 36.8 Å². The number of nitrogens with zero attached hydrogens (tertiary/aromatic N) is 1. The van der Waals surface area contributed by atoms with Gasteiger partial charge in [0.15, 0.2) is 11.5 Å². The fourth-order valence-electron chi connectivity index (χ4n) is 2.69. The van der Waals surface area contributed by atoms with Crippen LogP contribution in [0.1, 0.15) is 12.0 Å². The Morgan fingerprint density at radius 2 is 2.04 bits per heavy atom. The number of hydrogen-bond acceptors (Lipinski definition) is 6. The normalized spacial score (nSPS) is 15.5. The standard InChI is InChI=1S/C19H23N3O3S.2ClH/c1-24-17-3-2-15(22-19(23)11-16-13-26-9-8-21-16)10-18(17)25-12-14-4-6-20-7-5-14;;/h2-7,10,16,21H,8-9,11-13H2,1H3,(H,22,23);2*1H. The molecule has 1 aromatic carbocycles. The number of amides is 1. The second kappa shape index (κ2) is 12.7. The predicted molar refractivity (Wildman–Crippen MR) is 118 cm³/mol. The van der Waals surface area contributed by atoms with Crippen molar-refractivity contribution in [2.24, 2.45) is 0 Å². The number of thioether (sulfide) groups is 1. The number of pyridine rings is 1. The average Bonchev–Trinajstić information content (AvgIpc) is 2.68. The lowest BCUT2D eigenvalue weighted by molar-refractivity contribution is -0.116. The first-order valence-electron chi connectivity index (χ1n) is 8.55. The van der Waals surface area contributed by atoms with E-state index in [4.69, 9.17) is 9.47 Å². The second-order valence-electron chi connectivity index (χ2n) is 5.99. The van der Waals surface area contributed by atoms with Crippen molar-refractivity contribution in [1.82, 2.24) is 10.3 Å². The minimum absolute atomic E-state index is 0. The van der Waals surface area contributed by atoms with Gasteiger partial charge in [0.1, 0.15) is 6.61 Å². The minimum Gasteiger partial charge on any atom is -0.493 e. The molecular formula is C19H25Cl2N3O3S. The molecule has 2 aromatic rings. The fourth-order valence-corrected chi connectivity index (χ4v) is 3.64. The number of carbonyl (C=O) groups is 1. The van der Waals surface area contributed by atoms with E-state index in [2.05, 4.69) is 15.6 Å². The molecule has 0 bridgehead atoms. The zero-order valence-electron chi connectivity index (χ0n) is 15.6. The van der Waals surface area contributed by atoms with Crippen LogP contribution in [0.25, 0.3) is 0 Å². The summed E-state index contributed by atoms with van der Waals surface area (Å²) in [6.45, 7) is 1.36. The Morgan fingerprint density at radius 1 is 1.25 bits per heavy atom. The molecule has 6 nitrogen and oxygen atoms in total. The Labute approximate surface area is 182 Å². The molecule has 2 N–H and O–H groups in total. The number of methoxy groups -OCH3 is 1. The highest BCUT2D eigenvalue weighted by atomic mass is 35.5. The monoisotopic (exact) mass is 445 g/mol. The summed E-state index contributed by atoms with van der Waals surface area (Å²) in [7, 11) is 1.60. The van der Waals surface area contributed by atoms with Gasteiger partial charge in [0.05, 0.1) is 7.11 Å². The molecule has 1 aliphatic rings. The van der Waals surface area contributed by atoms with Crippen molar-refractivity contribution >= 4 is 48.2 Å². The predicted octanol–water partition coefficient (Wildman–Crippen LogP) is 3.55. The molecule has 1 aliphatic heterocycles. The summed E-state index contributed by atoms with van der Waals surface area (Å²) >= 11 is 1.88. The lowest BCUT2D eigenvalue weighted by atomic mass is 10.2. The van der Waals surface area contributed by atoms with Crippen LogP contribution in [0, 0.1) is 0 Å². The summed E-state index contributed by atoms with van der Waals surface area (Å²) in [6.07, 6.45) is 3.92. The highest BCUT2D eigenvalue weighted by molar-refractivity contribution is 7.99. The van der Waals surface area contributed by atoms with Crippen LogP contribution < -0.4 is 20.1 Å². The Bertz CT molecular complexity index is 732. The number of carbonyl (C=O) groups excluding carboxylic acids is 1. The molecule has 9 heteroatoms. The molecule has 0 aliphatic carbocycles. The number of ether oxygens (including phenoxy) is 2. The van der Waals surface area contributed by atoms with Crippen LogP contribution in [-0.4, -0.2) is 42.1 Å². The lowest BCUT2D eigenvalue weighted by Gasteiger charge is -2.22. The van der Waals surface area contributed by atoms with Gasteiger partial charge in [-0.25, -0.2) is 0 Å². The van der Waals surface area contributed by atoms with Crippen molar-refractivity contribution in [3.8, 4) is 11.5 Å². The molecule has 0 saturated carbocycles. The SMILES string of the molecule is COc1ccc(NC(=O)CC2CSCCN2)cc1OCc1ccncc1.Cl.Cl. The van der Waals surface area contributed by atoms with Crippen LogP contribution in [0.5, 0.6) is 11.5 Å². The molecule has 0 spiro atoms. The van der Waals surface area contributed by atoms with Crippen LogP contribution in [-0.2, 0) is 11.4 Å². The first-order valence-corrected chi connectivity index (χ1v) is 9.71. The quantitative estimate of drug-likeness (QED) is 0.678. The van der Waals surface area contributed by atoms with Crippen LogP contribution in [0.4, 0.5) is 5.69 Å². The maximum absolute atomic E-state index is 12.3. The number of benzene rings is 1. The third kappa shape index (κ3) is 7.39. The van der Waals surface area contributed by atoms with Gasteiger partial charge in [-0.15, -0.1) is 24.8 Å². The summed E-state index contributed by atoms with van der Waals surface area (Å²) in [6, 6.07) is 9.43. The zero-order chi connectivity index (χ0) is 18.2. The van der Waals surface area contributed by atoms with Crippen LogP contribution in [0.15, 0.2) is 42.7 Å². The Balaban J connectivity index is 0.00000196. The summed E-state index contributed by atoms with van der Waals surface area (Å²) in [4.78, 5) is 16.3. The van der Waals surface area contributed by atoms with E-state index in [1.807, 2.05) is 30.0 Å². The highest BCUT2D eigenvalue weighted by Crippen LogP contribution is 2.31. The first kappa shape index (κ1) is 24.4. The van der Waals surface area contributed by atoms with E-state index in [9.17, 15) is 4.79 Å². The lowest BCUT2D eigenvalue weighted by Crippen LogP contribution is -2.39. The van der Waals surface area contributed by atoms with Gasteiger partial charge >= 0.3 is 0 Å². The Hall–Kier alpha value is -1.67. The number of nitrogens with one attached hydrogen (secondary N) is 2. The van der Waals surface area contributed by atoms with Gasteiger partial charge in [-0.05, 0) is 29.8 Å². The third-order valence-electron chi connectivity index (χ3n) is 4.02. The Kier molecular flexibility index (Phi) is 11.1. The van der Waals surface area contributed by atoms with E-state index in [0.29, 0.717) is 30.2 Å². The van der Waals surface area contributed by atoms with Crippen molar-refractivity contribution in [2.45, 2.75) is 19.1 Å². The molecule has 0 radical (unpaired) electrons. The van der Waals surface area contributed by atoms with Gasteiger partial charge in [-0.3, -0.25) is 9.78 Å². The number of rotatable bonds is 7. The van der Waals surface area contributed by atoms with Crippen molar-refractivity contribution < 1.29 is 14.3 Å². The molecule has 1 fully saturated rings. The molecule has 3 rings (SSSR count). The number of hydrogen-bond donors (Lipinski definition) is 2. The molecule has 1 unspecified atom stereocenters. The van der Waals surface area contributed by atoms with Crippen molar-refractivity contribution in [3.05, 3.63) is 48.3 Å². The molecule has 1 amide bonds. The Morgan fingerprint density at radius 3 is 2.71 bits per heavy atom. The molecule has 1 atom stereocenters. The average molecular weight is 446 g/mol. The van der Waals surface area contributed by atoms with Crippen LogP contribution in [0.3, 0.4) is 0 Å². The van der Waals surface area contributed by atoms with Gasteiger partial charge in [0.2, 0.25) is 5.91 Å². The van der Waals surface area contributed by atoms with Gasteiger partial charge in [-0.2, -0.15) is 11.8 Å². The van der Waals surface area contributed by atoms with Crippen LogP contribution in [0.2, 0.25) is 0 Å². The number of halogens is 2. The van der Waals surface area contributed by atoms with E-state index in [0.717, 1.165) is 23.6 Å². The van der Waals surface area contributed by atoms with E-state index >= 15 is 0 Å². The van der Waals surface area contributed by atoms with Crippen molar-refractivity contribution in [1.29, 1.82) is 0 Å². The number of aromatic nitrogens is 1. The van der Waals surface area contributed by atoms with E-state index < -0.39 is 0 Å². The summed E-state index contributed by atoms with van der Waals surface area (Å²) in [5, 5.41) is 6.32. The third-order valence-corrected chi connectivity index (χ3v) is 5.15. The molecule has 1 aromatic heterocycles. The van der Waals surface area contributed by atoms with Gasteiger partial charge in [0.25, 0.3) is 0 Å². The number of anilines is 1. The molecule has 2 heterocycles. The molecular weight excluding hydrogens is 421 g/mol. The highest BCUT2D eigenvalue weighted by Gasteiger charge is 2.17. The second-order valence-corrected chi connectivity index (χ2v) is 7.14. The van der Waals surface area contributed by atoms with Crippen molar-refractivity contribution in [2.75, 3.05) is 30.5 Å². The molecule has 1 saturated heterocycles. The summed E-state index contributed by atoms with van der Waals surface area (Å²) in [5.74, 6) is 3.29. The van der Waals surface area contributed by atoms with Gasteiger partial charge < -0.3 is 20.1 Å². The smallest absolute Gasteiger partial charge is 0.225 e. The van der Waals surface area contributed by atoms with Crippen LogP contribution >= 0.6 is 36.6 Å². The molecule has 28 heavy (non-hydrogen) atoms. The van der Waals surface area contributed by atoms with Gasteiger partial charge in [-0.1, -0.05) is 0 Å². The minimum atomic E-state index is -0.00440. The maximum Gasteiger partial charge on any atom is 0.225 e. The van der Waals surface area contributed by atoms with Crippen molar-refractivity contribution in [3.63, 3.8) is 0 Å². The maximum atomic E-state index is 12.3. The fraction of sp³-hybridized carbons (Fsp3) is 0.368. The topological polar surface area (TPSA) is 72.5 Å².